The Morgan fingerprint density at radius 3 is 2.52 bits per heavy atom. The third kappa shape index (κ3) is 3.49. The molecule has 1 aromatic rings. The summed E-state index contributed by atoms with van der Waals surface area (Å²) in [6.45, 7) is 5.58. The summed E-state index contributed by atoms with van der Waals surface area (Å²) in [6, 6.07) is 9.13. The molecule has 2 fully saturated rings. The van der Waals surface area contributed by atoms with Gasteiger partial charge in [-0.1, -0.05) is 25.0 Å². The topological polar surface area (TPSA) is 35.6 Å². The van der Waals surface area contributed by atoms with Gasteiger partial charge in [-0.15, -0.1) is 0 Å². The molecule has 21 heavy (non-hydrogen) atoms. The lowest BCUT2D eigenvalue weighted by molar-refractivity contribution is 0.190. The van der Waals surface area contributed by atoms with Gasteiger partial charge < -0.3 is 15.1 Å². The zero-order chi connectivity index (χ0) is 14.7. The maximum atomic E-state index is 12.2. The Morgan fingerprint density at radius 2 is 1.86 bits per heavy atom. The summed E-state index contributed by atoms with van der Waals surface area (Å²) in [5.41, 5.74) is 2.56. The van der Waals surface area contributed by atoms with E-state index in [0.717, 1.165) is 39.0 Å². The number of rotatable bonds is 2. The van der Waals surface area contributed by atoms with Crippen LogP contribution >= 0.6 is 0 Å². The molecule has 0 radical (unpaired) electrons. The molecule has 1 saturated carbocycles. The average Bonchev–Trinajstić information content (AvgIpc) is 3.00. The second-order valence-corrected chi connectivity index (χ2v) is 6.24. The number of urea groups is 1. The van der Waals surface area contributed by atoms with Gasteiger partial charge in [-0.3, -0.25) is 0 Å². The Morgan fingerprint density at radius 1 is 1.14 bits per heavy atom. The van der Waals surface area contributed by atoms with Crippen molar-refractivity contribution in [2.24, 2.45) is 0 Å². The van der Waals surface area contributed by atoms with Crippen LogP contribution in [0.3, 0.4) is 0 Å². The Balaban J connectivity index is 1.51. The van der Waals surface area contributed by atoms with Crippen LogP contribution in [0.4, 0.5) is 10.5 Å². The molecule has 0 unspecified atom stereocenters. The van der Waals surface area contributed by atoms with E-state index in [1.54, 1.807) is 0 Å². The number of carbonyl (C=O) groups is 1. The van der Waals surface area contributed by atoms with Crippen molar-refractivity contribution in [3.63, 3.8) is 0 Å². The smallest absolute Gasteiger partial charge is 0.317 e. The minimum atomic E-state index is 0.130. The number of amides is 2. The lowest BCUT2D eigenvalue weighted by Crippen LogP contribution is -2.53. The van der Waals surface area contributed by atoms with Crippen LogP contribution in [0, 0.1) is 6.92 Å². The van der Waals surface area contributed by atoms with Gasteiger partial charge in [-0.25, -0.2) is 4.79 Å². The van der Waals surface area contributed by atoms with E-state index in [1.807, 2.05) is 4.90 Å². The number of nitrogens with one attached hydrogen (secondary N) is 1. The SMILES string of the molecule is Cc1cccc(N2CCN(C(=O)NC3CCCC3)CC2)c1. The first-order valence-corrected chi connectivity index (χ1v) is 8.09. The minimum absolute atomic E-state index is 0.130. The fraction of sp³-hybridized carbons (Fsp3) is 0.588. The first-order valence-electron chi connectivity index (χ1n) is 8.09. The molecule has 0 bridgehead atoms. The third-order valence-electron chi connectivity index (χ3n) is 4.62. The zero-order valence-electron chi connectivity index (χ0n) is 12.8. The van der Waals surface area contributed by atoms with Crippen molar-refractivity contribution in [2.45, 2.75) is 38.6 Å². The highest BCUT2D eigenvalue weighted by Crippen LogP contribution is 2.19. The number of benzene rings is 1. The molecule has 0 atom stereocenters. The molecule has 4 heteroatoms. The van der Waals surface area contributed by atoms with Crippen molar-refractivity contribution < 1.29 is 4.79 Å². The van der Waals surface area contributed by atoms with Crippen LogP contribution in [-0.2, 0) is 0 Å². The summed E-state index contributed by atoms with van der Waals surface area (Å²) < 4.78 is 0. The van der Waals surface area contributed by atoms with Crippen LogP contribution in [0.5, 0.6) is 0 Å². The van der Waals surface area contributed by atoms with Gasteiger partial charge in [-0.05, 0) is 37.5 Å². The molecule has 4 nitrogen and oxygen atoms in total. The highest BCUT2D eigenvalue weighted by molar-refractivity contribution is 5.75. The lowest BCUT2D eigenvalue weighted by atomic mass is 10.2. The summed E-state index contributed by atoms with van der Waals surface area (Å²) in [7, 11) is 0. The summed E-state index contributed by atoms with van der Waals surface area (Å²) in [6.07, 6.45) is 4.81. The van der Waals surface area contributed by atoms with Gasteiger partial charge >= 0.3 is 6.03 Å². The van der Waals surface area contributed by atoms with Crippen molar-refractivity contribution in [1.82, 2.24) is 10.2 Å². The maximum absolute atomic E-state index is 12.2. The van der Waals surface area contributed by atoms with E-state index in [0.29, 0.717) is 6.04 Å². The highest BCUT2D eigenvalue weighted by Gasteiger charge is 2.24. The van der Waals surface area contributed by atoms with Crippen LogP contribution in [0.15, 0.2) is 24.3 Å². The van der Waals surface area contributed by atoms with Crippen LogP contribution in [0.1, 0.15) is 31.2 Å². The Bertz CT molecular complexity index is 489. The first-order chi connectivity index (χ1) is 10.2. The van der Waals surface area contributed by atoms with Crippen LogP contribution in [-0.4, -0.2) is 43.2 Å². The molecule has 1 N–H and O–H groups in total. The molecule has 1 saturated heterocycles. The second kappa shape index (κ2) is 6.37. The number of hydrogen-bond donors (Lipinski definition) is 1. The predicted molar refractivity (Wildman–Crippen MR) is 85.8 cm³/mol. The van der Waals surface area contributed by atoms with Crippen molar-refractivity contribution >= 4 is 11.7 Å². The van der Waals surface area contributed by atoms with Gasteiger partial charge in [0, 0.05) is 37.9 Å². The molecular formula is C17H25N3O. The number of aryl methyl sites for hydroxylation is 1. The van der Waals surface area contributed by atoms with Gasteiger partial charge in [0.25, 0.3) is 0 Å². The van der Waals surface area contributed by atoms with E-state index in [9.17, 15) is 4.79 Å². The van der Waals surface area contributed by atoms with Gasteiger partial charge in [0.1, 0.15) is 0 Å². The number of carbonyl (C=O) groups excluding carboxylic acids is 1. The van der Waals surface area contributed by atoms with Gasteiger partial charge in [0.15, 0.2) is 0 Å². The van der Waals surface area contributed by atoms with Crippen molar-refractivity contribution in [2.75, 3.05) is 31.1 Å². The van der Waals surface area contributed by atoms with E-state index in [4.69, 9.17) is 0 Å². The van der Waals surface area contributed by atoms with E-state index in [2.05, 4.69) is 41.4 Å². The molecule has 0 aromatic heterocycles. The van der Waals surface area contributed by atoms with Crippen LogP contribution in [0.25, 0.3) is 0 Å². The fourth-order valence-electron chi connectivity index (χ4n) is 3.33. The molecule has 0 spiro atoms. The average molecular weight is 287 g/mol. The minimum Gasteiger partial charge on any atom is -0.368 e. The normalized spacial score (nSPS) is 19.9. The highest BCUT2D eigenvalue weighted by atomic mass is 16.2. The number of nitrogens with zero attached hydrogens (tertiary/aromatic N) is 2. The fourth-order valence-corrected chi connectivity index (χ4v) is 3.33. The Hall–Kier alpha value is -1.71. The monoisotopic (exact) mass is 287 g/mol. The molecule has 1 aromatic carbocycles. The van der Waals surface area contributed by atoms with E-state index < -0.39 is 0 Å². The quantitative estimate of drug-likeness (QED) is 0.908. The Kier molecular flexibility index (Phi) is 4.32. The summed E-state index contributed by atoms with van der Waals surface area (Å²) in [5, 5.41) is 3.18. The molecule has 2 amide bonds. The zero-order valence-corrected chi connectivity index (χ0v) is 12.8. The first kappa shape index (κ1) is 14.2. The number of anilines is 1. The van der Waals surface area contributed by atoms with Crippen LogP contribution in [0.2, 0.25) is 0 Å². The maximum Gasteiger partial charge on any atom is 0.317 e. The lowest BCUT2D eigenvalue weighted by Gasteiger charge is -2.36. The molecule has 3 rings (SSSR count). The van der Waals surface area contributed by atoms with Gasteiger partial charge in [-0.2, -0.15) is 0 Å². The summed E-state index contributed by atoms with van der Waals surface area (Å²) in [5.74, 6) is 0. The van der Waals surface area contributed by atoms with Crippen molar-refractivity contribution in [3.05, 3.63) is 29.8 Å². The van der Waals surface area contributed by atoms with E-state index in [1.165, 1.54) is 24.1 Å². The van der Waals surface area contributed by atoms with Gasteiger partial charge in [0.05, 0.1) is 0 Å². The molecule has 2 aliphatic rings. The van der Waals surface area contributed by atoms with E-state index >= 15 is 0 Å². The molecule has 1 heterocycles. The largest absolute Gasteiger partial charge is 0.368 e. The predicted octanol–water partition coefficient (Wildman–Crippen LogP) is 2.77. The number of hydrogen-bond acceptors (Lipinski definition) is 2. The summed E-state index contributed by atoms with van der Waals surface area (Å²) >= 11 is 0. The Labute approximate surface area is 127 Å². The van der Waals surface area contributed by atoms with Crippen molar-refractivity contribution in [3.8, 4) is 0 Å². The van der Waals surface area contributed by atoms with Gasteiger partial charge in [0.2, 0.25) is 0 Å². The van der Waals surface area contributed by atoms with Crippen molar-refractivity contribution in [1.29, 1.82) is 0 Å². The van der Waals surface area contributed by atoms with E-state index in [-0.39, 0.29) is 6.03 Å². The number of piperazine rings is 1. The second-order valence-electron chi connectivity index (χ2n) is 6.24. The van der Waals surface area contributed by atoms with Crippen LogP contribution < -0.4 is 10.2 Å². The molecule has 1 aliphatic heterocycles. The standard InChI is InChI=1S/C17H25N3O/c1-14-5-4-8-16(13-14)19-9-11-20(12-10-19)17(21)18-15-6-2-3-7-15/h4-5,8,13,15H,2-3,6-7,9-12H2,1H3,(H,18,21). The molecule has 114 valence electrons. The molecule has 1 aliphatic carbocycles. The third-order valence-corrected chi connectivity index (χ3v) is 4.62. The summed E-state index contributed by atoms with van der Waals surface area (Å²) in [4.78, 5) is 16.6. The molecular weight excluding hydrogens is 262 g/mol.